The first kappa shape index (κ1) is 13.9. The molecule has 0 spiro atoms. The van der Waals surface area contributed by atoms with Crippen molar-refractivity contribution in [1.29, 1.82) is 0 Å². The normalized spacial score (nSPS) is 18.9. The second-order valence-electron chi connectivity index (χ2n) is 5.40. The van der Waals surface area contributed by atoms with Crippen molar-refractivity contribution in [3.05, 3.63) is 34.9 Å². The molecule has 18 heavy (non-hydrogen) atoms. The van der Waals surface area contributed by atoms with Gasteiger partial charge in [0.05, 0.1) is 0 Å². The number of hydrogen-bond donors (Lipinski definition) is 1. The molecule has 0 saturated heterocycles. The van der Waals surface area contributed by atoms with Gasteiger partial charge in [-0.1, -0.05) is 29.8 Å². The molecular formula is C15H23ClN2. The lowest BCUT2D eigenvalue weighted by Crippen LogP contribution is -2.39. The smallest absolute Gasteiger partial charge is 0.0453 e. The number of nitrogens with one attached hydrogen (secondary N) is 1. The standard InChI is InChI=1S/C15H23ClN2/c1-11(18(3)13-8-9-13)10-17-12(2)14-6-4-5-7-15(14)16/h4-7,11-13,17H,8-10H2,1-3H3. The van der Waals surface area contributed by atoms with E-state index in [1.54, 1.807) is 0 Å². The van der Waals surface area contributed by atoms with Crippen LogP contribution in [0.25, 0.3) is 0 Å². The van der Waals surface area contributed by atoms with E-state index in [9.17, 15) is 0 Å². The van der Waals surface area contributed by atoms with Crippen LogP contribution in [0, 0.1) is 0 Å². The van der Waals surface area contributed by atoms with E-state index in [2.05, 4.69) is 37.2 Å². The quantitative estimate of drug-likeness (QED) is 0.848. The minimum atomic E-state index is 0.300. The highest BCUT2D eigenvalue weighted by Crippen LogP contribution is 2.27. The van der Waals surface area contributed by atoms with Crippen LogP contribution >= 0.6 is 11.6 Å². The van der Waals surface area contributed by atoms with Crippen LogP contribution in [-0.4, -0.2) is 30.6 Å². The third-order valence-corrected chi connectivity index (χ3v) is 4.25. The molecule has 1 N–H and O–H groups in total. The number of likely N-dealkylation sites (N-methyl/N-ethyl adjacent to an activating group) is 1. The molecular weight excluding hydrogens is 244 g/mol. The van der Waals surface area contributed by atoms with Gasteiger partial charge in [-0.3, -0.25) is 4.90 Å². The third-order valence-electron chi connectivity index (χ3n) is 3.91. The van der Waals surface area contributed by atoms with Crippen molar-refractivity contribution in [2.75, 3.05) is 13.6 Å². The van der Waals surface area contributed by atoms with Crippen molar-refractivity contribution in [3.63, 3.8) is 0 Å². The summed E-state index contributed by atoms with van der Waals surface area (Å²) in [6.45, 7) is 5.45. The molecule has 1 aromatic carbocycles. The van der Waals surface area contributed by atoms with E-state index in [0.717, 1.165) is 17.6 Å². The van der Waals surface area contributed by atoms with Gasteiger partial charge in [0.2, 0.25) is 0 Å². The van der Waals surface area contributed by atoms with Gasteiger partial charge >= 0.3 is 0 Å². The number of nitrogens with zero attached hydrogens (tertiary/aromatic N) is 1. The van der Waals surface area contributed by atoms with Gasteiger partial charge in [-0.15, -0.1) is 0 Å². The van der Waals surface area contributed by atoms with Crippen LogP contribution in [0.15, 0.2) is 24.3 Å². The Bertz CT molecular complexity index is 390. The average Bonchev–Trinajstić information content (AvgIpc) is 3.19. The van der Waals surface area contributed by atoms with Gasteiger partial charge in [0.15, 0.2) is 0 Å². The lowest BCUT2D eigenvalue weighted by atomic mass is 10.1. The number of rotatable bonds is 6. The van der Waals surface area contributed by atoms with Gasteiger partial charge < -0.3 is 5.32 Å². The number of hydrogen-bond acceptors (Lipinski definition) is 2. The fraction of sp³-hybridized carbons (Fsp3) is 0.600. The van der Waals surface area contributed by atoms with E-state index in [0.29, 0.717) is 12.1 Å². The average molecular weight is 267 g/mol. The SMILES string of the molecule is CC(NCC(C)N(C)C1CC1)c1ccccc1Cl. The highest BCUT2D eigenvalue weighted by molar-refractivity contribution is 6.31. The predicted molar refractivity (Wildman–Crippen MR) is 78.1 cm³/mol. The summed E-state index contributed by atoms with van der Waals surface area (Å²) in [4.78, 5) is 2.48. The largest absolute Gasteiger partial charge is 0.309 e. The van der Waals surface area contributed by atoms with Crippen molar-refractivity contribution in [1.82, 2.24) is 10.2 Å². The maximum atomic E-state index is 6.21. The second-order valence-corrected chi connectivity index (χ2v) is 5.80. The van der Waals surface area contributed by atoms with E-state index >= 15 is 0 Å². The Labute approximate surface area is 115 Å². The fourth-order valence-electron chi connectivity index (χ4n) is 2.27. The molecule has 0 bridgehead atoms. The predicted octanol–water partition coefficient (Wildman–Crippen LogP) is 3.47. The van der Waals surface area contributed by atoms with Crippen molar-refractivity contribution < 1.29 is 0 Å². The van der Waals surface area contributed by atoms with Gasteiger partial charge in [-0.2, -0.15) is 0 Å². The van der Waals surface area contributed by atoms with Gasteiger partial charge in [0.1, 0.15) is 0 Å². The second kappa shape index (κ2) is 6.05. The van der Waals surface area contributed by atoms with Crippen LogP contribution in [0.3, 0.4) is 0 Å². The van der Waals surface area contributed by atoms with Crippen LogP contribution in [0.2, 0.25) is 5.02 Å². The van der Waals surface area contributed by atoms with Gasteiger partial charge in [-0.05, 0) is 45.4 Å². The molecule has 1 aromatic rings. The highest BCUT2D eigenvalue weighted by Gasteiger charge is 2.29. The van der Waals surface area contributed by atoms with E-state index in [1.807, 2.05) is 18.2 Å². The van der Waals surface area contributed by atoms with Gasteiger partial charge in [0.25, 0.3) is 0 Å². The minimum Gasteiger partial charge on any atom is -0.309 e. The van der Waals surface area contributed by atoms with Crippen LogP contribution in [0.5, 0.6) is 0 Å². The van der Waals surface area contributed by atoms with Crippen molar-refractivity contribution in [3.8, 4) is 0 Å². The Kier molecular flexibility index (Phi) is 4.66. The maximum Gasteiger partial charge on any atom is 0.0453 e. The molecule has 2 unspecified atom stereocenters. The van der Waals surface area contributed by atoms with Crippen molar-refractivity contribution >= 4 is 11.6 Å². The van der Waals surface area contributed by atoms with E-state index in [4.69, 9.17) is 11.6 Å². The first-order valence-electron chi connectivity index (χ1n) is 6.79. The fourth-order valence-corrected chi connectivity index (χ4v) is 2.57. The maximum absolute atomic E-state index is 6.21. The lowest BCUT2D eigenvalue weighted by Gasteiger charge is -2.26. The third kappa shape index (κ3) is 3.47. The topological polar surface area (TPSA) is 15.3 Å². The van der Waals surface area contributed by atoms with Crippen LogP contribution in [0.1, 0.15) is 38.3 Å². The molecule has 3 heteroatoms. The molecule has 1 fully saturated rings. The van der Waals surface area contributed by atoms with Crippen molar-refractivity contribution in [2.45, 2.75) is 44.8 Å². The molecule has 1 aliphatic carbocycles. The molecule has 2 nitrogen and oxygen atoms in total. The zero-order chi connectivity index (χ0) is 13.1. The molecule has 1 aliphatic rings. The first-order valence-corrected chi connectivity index (χ1v) is 7.17. The van der Waals surface area contributed by atoms with E-state index in [-0.39, 0.29) is 0 Å². The summed E-state index contributed by atoms with van der Waals surface area (Å²) >= 11 is 6.21. The molecule has 2 atom stereocenters. The van der Waals surface area contributed by atoms with E-state index < -0.39 is 0 Å². The molecule has 1 saturated carbocycles. The molecule has 2 rings (SSSR count). The molecule has 0 heterocycles. The van der Waals surface area contributed by atoms with Gasteiger partial charge in [-0.25, -0.2) is 0 Å². The summed E-state index contributed by atoms with van der Waals surface area (Å²) in [6, 6.07) is 9.75. The zero-order valence-corrected chi connectivity index (χ0v) is 12.2. The Morgan fingerprint density at radius 1 is 1.33 bits per heavy atom. The summed E-state index contributed by atoms with van der Waals surface area (Å²) in [7, 11) is 2.23. The zero-order valence-electron chi connectivity index (χ0n) is 11.5. The van der Waals surface area contributed by atoms with Crippen molar-refractivity contribution in [2.24, 2.45) is 0 Å². The van der Waals surface area contributed by atoms with Gasteiger partial charge in [0, 0.05) is 29.7 Å². The number of halogens is 1. The Morgan fingerprint density at radius 2 is 2.00 bits per heavy atom. The van der Waals surface area contributed by atoms with Crippen LogP contribution < -0.4 is 5.32 Å². The summed E-state index contributed by atoms with van der Waals surface area (Å²) < 4.78 is 0. The highest BCUT2D eigenvalue weighted by atomic mass is 35.5. The summed E-state index contributed by atoms with van der Waals surface area (Å²) in [6.07, 6.45) is 2.72. The van der Waals surface area contributed by atoms with Crippen LogP contribution in [-0.2, 0) is 0 Å². The molecule has 0 aliphatic heterocycles. The summed E-state index contributed by atoms with van der Waals surface area (Å²) in [5.41, 5.74) is 1.18. The molecule has 100 valence electrons. The monoisotopic (exact) mass is 266 g/mol. The Morgan fingerprint density at radius 3 is 2.61 bits per heavy atom. The molecule has 0 amide bonds. The first-order chi connectivity index (χ1) is 8.59. The Hall–Kier alpha value is -0.570. The molecule has 0 aromatic heterocycles. The lowest BCUT2D eigenvalue weighted by molar-refractivity contribution is 0.237. The summed E-state index contributed by atoms with van der Waals surface area (Å²) in [5, 5.41) is 4.42. The summed E-state index contributed by atoms with van der Waals surface area (Å²) in [5.74, 6) is 0. The van der Waals surface area contributed by atoms with Crippen LogP contribution in [0.4, 0.5) is 0 Å². The molecule has 0 radical (unpaired) electrons. The minimum absolute atomic E-state index is 0.300. The number of benzene rings is 1. The van der Waals surface area contributed by atoms with E-state index in [1.165, 1.54) is 18.4 Å². The Balaban J connectivity index is 1.84.